The van der Waals surface area contributed by atoms with Gasteiger partial charge in [0, 0.05) is 17.1 Å². The Balaban J connectivity index is 2.03. The number of carbonyl (C=O) groups is 1. The lowest BCUT2D eigenvalue weighted by molar-refractivity contribution is -0.121. The van der Waals surface area contributed by atoms with Crippen LogP contribution in [0.15, 0.2) is 23.6 Å². The summed E-state index contributed by atoms with van der Waals surface area (Å²) in [6.45, 7) is 1.58. The van der Waals surface area contributed by atoms with E-state index in [1.165, 1.54) is 17.4 Å². The third-order valence-electron chi connectivity index (χ3n) is 2.61. The Bertz CT molecular complexity index is 709. The van der Waals surface area contributed by atoms with Crippen molar-refractivity contribution in [1.29, 1.82) is 5.26 Å². The molecule has 2 aromatic rings. The van der Waals surface area contributed by atoms with E-state index in [4.69, 9.17) is 33.2 Å². The molecular weight excluding hydrogens is 331 g/mol. The predicted octanol–water partition coefficient (Wildman–Crippen LogP) is 4.01. The fourth-order valence-electron chi connectivity index (χ4n) is 1.57. The van der Waals surface area contributed by atoms with Gasteiger partial charge in [0.15, 0.2) is 11.7 Å². The molecule has 0 saturated carbocycles. The lowest BCUT2D eigenvalue weighted by Crippen LogP contribution is -2.19. The van der Waals surface area contributed by atoms with Crippen LogP contribution in [0.3, 0.4) is 0 Å². The first-order valence-electron chi connectivity index (χ1n) is 5.93. The summed E-state index contributed by atoms with van der Waals surface area (Å²) in [5.41, 5.74) is 0.786. The van der Waals surface area contributed by atoms with E-state index in [1.807, 2.05) is 13.0 Å². The van der Waals surface area contributed by atoms with E-state index in [-0.39, 0.29) is 12.4 Å². The number of halogens is 2. The van der Waals surface area contributed by atoms with Gasteiger partial charge in [0.1, 0.15) is 17.4 Å². The second kappa shape index (κ2) is 6.90. The number of aryl methyl sites for hydroxylation is 1. The van der Waals surface area contributed by atoms with Crippen LogP contribution in [0.25, 0.3) is 0 Å². The highest BCUT2D eigenvalue weighted by Gasteiger charge is 2.23. The molecule has 0 amide bonds. The number of ether oxygens (including phenoxy) is 1. The van der Waals surface area contributed by atoms with E-state index in [1.54, 1.807) is 17.5 Å². The maximum absolute atomic E-state index is 12.1. The molecule has 0 bridgehead atoms. The molecular formula is C14H10Cl2N2O2S. The van der Waals surface area contributed by atoms with E-state index in [0.717, 1.165) is 5.69 Å². The molecule has 0 N–H and O–H groups in total. The van der Waals surface area contributed by atoms with Gasteiger partial charge in [0.05, 0.1) is 16.1 Å². The highest BCUT2D eigenvalue weighted by atomic mass is 35.5. The monoisotopic (exact) mass is 340 g/mol. The van der Waals surface area contributed by atoms with E-state index < -0.39 is 5.92 Å². The maximum Gasteiger partial charge on any atom is 0.194 e. The Morgan fingerprint density at radius 2 is 2.24 bits per heavy atom. The van der Waals surface area contributed by atoms with Gasteiger partial charge < -0.3 is 4.74 Å². The number of carbonyl (C=O) groups excluding carboxylic acids is 1. The lowest BCUT2D eigenvalue weighted by Gasteiger charge is -2.08. The normalized spacial score (nSPS) is 11.7. The summed E-state index contributed by atoms with van der Waals surface area (Å²) < 4.78 is 5.35. The molecule has 1 atom stereocenters. The molecule has 4 nitrogen and oxygen atoms in total. The number of rotatable bonds is 5. The number of benzene rings is 1. The highest BCUT2D eigenvalue weighted by molar-refractivity contribution is 7.09. The Kier molecular flexibility index (Phi) is 5.18. The van der Waals surface area contributed by atoms with Gasteiger partial charge in [-0.2, -0.15) is 5.26 Å². The first-order chi connectivity index (χ1) is 10.0. The van der Waals surface area contributed by atoms with Crippen LogP contribution in [-0.4, -0.2) is 17.4 Å². The molecule has 0 aliphatic carbocycles. The second-order valence-electron chi connectivity index (χ2n) is 4.22. The van der Waals surface area contributed by atoms with E-state index >= 15 is 0 Å². The zero-order valence-corrected chi connectivity index (χ0v) is 13.3. The zero-order chi connectivity index (χ0) is 15.4. The summed E-state index contributed by atoms with van der Waals surface area (Å²) in [4.78, 5) is 16.2. The Labute approximate surface area is 135 Å². The molecule has 0 radical (unpaired) electrons. The average Bonchev–Trinajstić information content (AvgIpc) is 2.87. The van der Waals surface area contributed by atoms with E-state index in [2.05, 4.69) is 4.98 Å². The Hall–Kier alpha value is -1.61. The largest absolute Gasteiger partial charge is 0.486 e. The van der Waals surface area contributed by atoms with E-state index in [9.17, 15) is 4.79 Å². The van der Waals surface area contributed by atoms with Gasteiger partial charge in [0.2, 0.25) is 0 Å². The second-order valence-corrected chi connectivity index (χ2v) is 5.92. The van der Waals surface area contributed by atoms with Gasteiger partial charge in [0.25, 0.3) is 0 Å². The van der Waals surface area contributed by atoms with Crippen molar-refractivity contribution in [1.82, 2.24) is 4.98 Å². The first-order valence-corrected chi connectivity index (χ1v) is 7.57. The first kappa shape index (κ1) is 15.8. The molecule has 0 aliphatic heterocycles. The minimum Gasteiger partial charge on any atom is -0.486 e. The van der Waals surface area contributed by atoms with Gasteiger partial charge in [-0.25, -0.2) is 4.98 Å². The van der Waals surface area contributed by atoms with Crippen LogP contribution in [0.2, 0.25) is 10.0 Å². The number of Topliss-reactive ketones (excluding diaryl/α,β-unsaturated/α-hetero) is 1. The van der Waals surface area contributed by atoms with Crippen LogP contribution in [-0.2, 0) is 4.79 Å². The number of thiazole rings is 1. The van der Waals surface area contributed by atoms with Crippen molar-refractivity contribution in [3.05, 3.63) is 44.3 Å². The van der Waals surface area contributed by atoms with Crippen molar-refractivity contribution < 1.29 is 9.53 Å². The molecule has 0 spiro atoms. The summed E-state index contributed by atoms with van der Waals surface area (Å²) in [6.07, 6.45) is 0. The molecule has 108 valence electrons. The quantitative estimate of drug-likeness (QED) is 0.824. The van der Waals surface area contributed by atoms with E-state index in [0.29, 0.717) is 20.8 Å². The van der Waals surface area contributed by atoms with Crippen LogP contribution in [0.4, 0.5) is 0 Å². The third kappa shape index (κ3) is 3.94. The molecule has 1 aromatic heterocycles. The molecule has 0 fully saturated rings. The minimum absolute atomic E-state index is 0.227. The number of nitriles is 1. The number of hydrogen-bond acceptors (Lipinski definition) is 5. The van der Waals surface area contributed by atoms with Gasteiger partial charge >= 0.3 is 0 Å². The van der Waals surface area contributed by atoms with Gasteiger partial charge in [-0.1, -0.05) is 23.2 Å². The standard InChI is InChI=1S/C14H10Cl2N2O2S/c1-8-7-21-14(18-8)10(5-17)13(19)6-20-9-2-3-11(15)12(16)4-9/h2-4,7,10H,6H2,1H3. The molecule has 1 aromatic carbocycles. The van der Waals surface area contributed by atoms with Crippen LogP contribution in [0, 0.1) is 18.3 Å². The molecule has 0 saturated heterocycles. The summed E-state index contributed by atoms with van der Waals surface area (Å²) >= 11 is 12.9. The Morgan fingerprint density at radius 1 is 1.48 bits per heavy atom. The summed E-state index contributed by atoms with van der Waals surface area (Å²) in [5.74, 6) is -0.839. The van der Waals surface area contributed by atoms with Crippen molar-refractivity contribution in [2.24, 2.45) is 0 Å². The van der Waals surface area contributed by atoms with Crippen molar-refractivity contribution in [2.75, 3.05) is 6.61 Å². The van der Waals surface area contributed by atoms with Crippen LogP contribution in [0.1, 0.15) is 16.6 Å². The number of hydrogen-bond donors (Lipinski definition) is 0. The molecule has 7 heteroatoms. The fraction of sp³-hybridized carbons (Fsp3) is 0.214. The smallest absolute Gasteiger partial charge is 0.194 e. The van der Waals surface area contributed by atoms with Crippen molar-refractivity contribution >= 4 is 40.3 Å². The molecule has 2 rings (SSSR count). The minimum atomic E-state index is -0.911. The predicted molar refractivity (Wildman–Crippen MR) is 82.2 cm³/mol. The summed E-state index contributed by atoms with van der Waals surface area (Å²) in [5, 5.41) is 12.2. The lowest BCUT2D eigenvalue weighted by atomic mass is 10.1. The van der Waals surface area contributed by atoms with Crippen LogP contribution in [0.5, 0.6) is 5.75 Å². The summed E-state index contributed by atoms with van der Waals surface area (Å²) in [7, 11) is 0. The Morgan fingerprint density at radius 3 is 2.81 bits per heavy atom. The number of ketones is 1. The maximum atomic E-state index is 12.1. The number of aromatic nitrogens is 1. The van der Waals surface area contributed by atoms with Crippen LogP contribution >= 0.6 is 34.5 Å². The molecule has 1 unspecified atom stereocenters. The molecule has 0 aliphatic rings. The van der Waals surface area contributed by atoms with Crippen LogP contribution < -0.4 is 4.74 Å². The SMILES string of the molecule is Cc1csc(C(C#N)C(=O)COc2ccc(Cl)c(Cl)c2)n1. The van der Waals surface area contributed by atoms with Gasteiger partial charge in [-0.15, -0.1) is 11.3 Å². The van der Waals surface area contributed by atoms with Crippen molar-refractivity contribution in [2.45, 2.75) is 12.8 Å². The highest BCUT2D eigenvalue weighted by Crippen LogP contribution is 2.27. The summed E-state index contributed by atoms with van der Waals surface area (Å²) in [6, 6.07) is 6.67. The van der Waals surface area contributed by atoms with Gasteiger partial charge in [-0.3, -0.25) is 4.79 Å². The van der Waals surface area contributed by atoms with Crippen molar-refractivity contribution in [3.63, 3.8) is 0 Å². The number of nitrogens with zero attached hydrogens (tertiary/aromatic N) is 2. The third-order valence-corrected chi connectivity index (χ3v) is 4.37. The van der Waals surface area contributed by atoms with Gasteiger partial charge in [-0.05, 0) is 19.1 Å². The molecule has 1 heterocycles. The zero-order valence-electron chi connectivity index (χ0n) is 11.0. The fourth-order valence-corrected chi connectivity index (χ4v) is 2.72. The average molecular weight is 341 g/mol. The molecule has 21 heavy (non-hydrogen) atoms. The topological polar surface area (TPSA) is 63.0 Å². The van der Waals surface area contributed by atoms with Crippen molar-refractivity contribution in [3.8, 4) is 11.8 Å².